The van der Waals surface area contributed by atoms with E-state index in [1.807, 2.05) is 0 Å². The molecule has 0 aromatic heterocycles. The summed E-state index contributed by atoms with van der Waals surface area (Å²) in [4.78, 5) is 0. The van der Waals surface area contributed by atoms with Gasteiger partial charge >= 0.3 is 0 Å². The molecule has 0 saturated heterocycles. The zero-order valence-corrected chi connectivity index (χ0v) is 6.39. The van der Waals surface area contributed by atoms with E-state index in [0.29, 0.717) is 5.57 Å². The van der Waals surface area contributed by atoms with Gasteiger partial charge in [-0.15, -0.1) is 0 Å². The molecule has 0 bridgehead atoms. The van der Waals surface area contributed by atoms with E-state index in [1.165, 1.54) is 12.2 Å². The quantitative estimate of drug-likeness (QED) is 0.530. The largest absolute Gasteiger partial charge is 0.508 e. The van der Waals surface area contributed by atoms with Crippen LogP contribution in [0.1, 0.15) is 13.3 Å². The Hall–Kier alpha value is -0.470. The van der Waals surface area contributed by atoms with Crippen LogP contribution in [-0.2, 0) is 0 Å². The Bertz CT molecular complexity index is 204. The van der Waals surface area contributed by atoms with E-state index in [-0.39, 0.29) is 12.2 Å². The molecule has 0 fully saturated rings. The van der Waals surface area contributed by atoms with E-state index < -0.39 is 5.06 Å². The number of halogens is 1. The van der Waals surface area contributed by atoms with Crippen molar-refractivity contribution in [2.75, 3.05) is 0 Å². The highest BCUT2D eigenvalue weighted by Crippen LogP contribution is 2.28. The molecule has 1 aliphatic carbocycles. The van der Waals surface area contributed by atoms with Crippen LogP contribution in [0.4, 0.5) is 0 Å². The van der Waals surface area contributed by atoms with E-state index >= 15 is 0 Å². The van der Waals surface area contributed by atoms with Crippen molar-refractivity contribution in [2.24, 2.45) is 0 Å². The van der Waals surface area contributed by atoms with Crippen LogP contribution in [0.25, 0.3) is 0 Å². The van der Waals surface area contributed by atoms with Crippen LogP contribution in [0.3, 0.4) is 0 Å². The Balaban J connectivity index is 2.85. The van der Waals surface area contributed by atoms with Crippen molar-refractivity contribution in [3.05, 3.63) is 23.5 Å². The van der Waals surface area contributed by atoms with E-state index in [4.69, 9.17) is 16.7 Å². The molecule has 0 aromatic rings. The summed E-state index contributed by atoms with van der Waals surface area (Å²) in [6, 6.07) is 0. The molecule has 1 rings (SSSR count). The fraction of sp³-hybridized carbons (Fsp3) is 0.429. The second-order valence-electron chi connectivity index (χ2n) is 2.49. The Labute approximate surface area is 64.4 Å². The highest BCUT2D eigenvalue weighted by atomic mass is 35.5. The first-order valence-electron chi connectivity index (χ1n) is 3.00. The second-order valence-corrected chi connectivity index (χ2v) is 3.15. The predicted octanol–water partition coefficient (Wildman–Crippen LogP) is 1.71. The van der Waals surface area contributed by atoms with Gasteiger partial charge < -0.3 is 10.2 Å². The fourth-order valence-electron chi connectivity index (χ4n) is 0.870. The number of aliphatic hydroxyl groups excluding tert-OH is 1. The Morgan fingerprint density at radius 1 is 1.70 bits per heavy atom. The zero-order chi connectivity index (χ0) is 7.78. The molecule has 1 atom stereocenters. The van der Waals surface area contributed by atoms with Crippen molar-refractivity contribution in [1.82, 2.24) is 0 Å². The van der Waals surface area contributed by atoms with Gasteiger partial charge in [-0.3, -0.25) is 0 Å². The standard InChI is InChI=1S/C7H9ClO2/c1-5-4-7(8,10)3-2-6(5)9/h2-3,9-10H,4H2,1H3. The van der Waals surface area contributed by atoms with E-state index in [9.17, 15) is 5.11 Å². The Morgan fingerprint density at radius 2 is 2.30 bits per heavy atom. The monoisotopic (exact) mass is 160 g/mol. The summed E-state index contributed by atoms with van der Waals surface area (Å²) in [7, 11) is 0. The molecule has 3 heteroatoms. The lowest BCUT2D eigenvalue weighted by molar-refractivity contribution is 0.174. The van der Waals surface area contributed by atoms with E-state index in [0.717, 1.165) is 0 Å². The molecular formula is C7H9ClO2. The highest BCUT2D eigenvalue weighted by Gasteiger charge is 2.24. The number of allylic oxidation sites excluding steroid dienone is 1. The highest BCUT2D eigenvalue weighted by molar-refractivity contribution is 6.24. The maximum absolute atomic E-state index is 9.20. The normalized spacial score (nSPS) is 33.1. The van der Waals surface area contributed by atoms with Crippen molar-refractivity contribution in [3.8, 4) is 0 Å². The summed E-state index contributed by atoms with van der Waals surface area (Å²) < 4.78 is 0. The van der Waals surface area contributed by atoms with Gasteiger partial charge in [0.05, 0.1) is 0 Å². The number of aliphatic hydroxyl groups is 2. The SMILES string of the molecule is CC1=C(O)C=CC(O)(Cl)C1. The molecule has 0 saturated carbocycles. The molecule has 2 nitrogen and oxygen atoms in total. The van der Waals surface area contributed by atoms with Gasteiger partial charge in [-0.2, -0.15) is 0 Å². The molecule has 0 heterocycles. The molecule has 0 spiro atoms. The topological polar surface area (TPSA) is 40.5 Å². The third-order valence-electron chi connectivity index (χ3n) is 1.45. The smallest absolute Gasteiger partial charge is 0.161 e. The second kappa shape index (κ2) is 2.29. The molecule has 2 N–H and O–H groups in total. The van der Waals surface area contributed by atoms with E-state index in [2.05, 4.69) is 0 Å². The average Bonchev–Trinajstić information content (AvgIpc) is 1.79. The van der Waals surface area contributed by atoms with Crippen molar-refractivity contribution in [3.63, 3.8) is 0 Å². The van der Waals surface area contributed by atoms with Crippen molar-refractivity contribution < 1.29 is 10.2 Å². The van der Waals surface area contributed by atoms with Crippen LogP contribution < -0.4 is 0 Å². The van der Waals surface area contributed by atoms with Crippen molar-refractivity contribution >= 4 is 11.6 Å². The van der Waals surface area contributed by atoms with Gasteiger partial charge in [0.1, 0.15) is 5.76 Å². The number of hydrogen-bond acceptors (Lipinski definition) is 2. The summed E-state index contributed by atoms with van der Waals surface area (Å²) in [5.41, 5.74) is 0.708. The molecule has 0 aromatic carbocycles. The summed E-state index contributed by atoms with van der Waals surface area (Å²) in [5.74, 6) is 0.199. The van der Waals surface area contributed by atoms with Gasteiger partial charge in [0.2, 0.25) is 0 Å². The Morgan fingerprint density at radius 3 is 2.70 bits per heavy atom. The molecule has 1 aliphatic rings. The van der Waals surface area contributed by atoms with Crippen LogP contribution in [0, 0.1) is 0 Å². The van der Waals surface area contributed by atoms with E-state index in [1.54, 1.807) is 6.92 Å². The average molecular weight is 161 g/mol. The molecule has 0 aliphatic heterocycles. The first-order chi connectivity index (χ1) is 4.51. The van der Waals surface area contributed by atoms with Gasteiger partial charge in [-0.05, 0) is 24.6 Å². The molecule has 0 amide bonds. The molecular weight excluding hydrogens is 152 g/mol. The maximum Gasteiger partial charge on any atom is 0.161 e. The van der Waals surface area contributed by atoms with Crippen LogP contribution in [0.2, 0.25) is 0 Å². The lowest BCUT2D eigenvalue weighted by Gasteiger charge is -2.20. The number of hydrogen-bond donors (Lipinski definition) is 2. The minimum absolute atomic E-state index is 0.199. The minimum Gasteiger partial charge on any atom is -0.508 e. The maximum atomic E-state index is 9.20. The van der Waals surface area contributed by atoms with Crippen LogP contribution >= 0.6 is 11.6 Å². The van der Waals surface area contributed by atoms with Gasteiger partial charge in [-0.25, -0.2) is 0 Å². The number of alkyl halides is 1. The molecule has 0 radical (unpaired) electrons. The van der Waals surface area contributed by atoms with Gasteiger partial charge in [0.15, 0.2) is 5.06 Å². The minimum atomic E-state index is -1.30. The summed E-state index contributed by atoms with van der Waals surface area (Å²) in [6.45, 7) is 1.73. The first kappa shape index (κ1) is 7.63. The zero-order valence-electron chi connectivity index (χ0n) is 5.63. The summed E-state index contributed by atoms with van der Waals surface area (Å²) in [5, 5.41) is 16.9. The third-order valence-corrected chi connectivity index (χ3v) is 1.71. The van der Waals surface area contributed by atoms with Gasteiger partial charge in [0, 0.05) is 6.42 Å². The first-order valence-corrected chi connectivity index (χ1v) is 3.38. The van der Waals surface area contributed by atoms with Crippen LogP contribution in [0.5, 0.6) is 0 Å². The van der Waals surface area contributed by atoms with Crippen molar-refractivity contribution in [2.45, 2.75) is 18.4 Å². The van der Waals surface area contributed by atoms with Gasteiger partial charge in [-0.1, -0.05) is 11.6 Å². The van der Waals surface area contributed by atoms with Gasteiger partial charge in [0.25, 0.3) is 0 Å². The lowest BCUT2D eigenvalue weighted by atomic mass is 10.0. The molecule has 56 valence electrons. The third kappa shape index (κ3) is 1.52. The predicted molar refractivity (Wildman–Crippen MR) is 39.9 cm³/mol. The summed E-state index contributed by atoms with van der Waals surface area (Å²) >= 11 is 5.56. The number of rotatable bonds is 0. The summed E-state index contributed by atoms with van der Waals surface area (Å²) in [6.07, 6.45) is 3.07. The molecule has 1 unspecified atom stereocenters. The van der Waals surface area contributed by atoms with Crippen LogP contribution in [0.15, 0.2) is 23.5 Å². The molecule has 10 heavy (non-hydrogen) atoms. The van der Waals surface area contributed by atoms with Crippen LogP contribution in [-0.4, -0.2) is 15.3 Å². The fourth-order valence-corrected chi connectivity index (χ4v) is 1.13. The Kier molecular flexibility index (Phi) is 1.75. The lowest BCUT2D eigenvalue weighted by Crippen LogP contribution is -2.20. The van der Waals surface area contributed by atoms with Crippen molar-refractivity contribution in [1.29, 1.82) is 0 Å².